The Labute approximate surface area is 157 Å². The van der Waals surface area contributed by atoms with Crippen LogP contribution in [0.1, 0.15) is 11.1 Å². The molecule has 1 amide bonds. The number of nitriles is 1. The molecule has 0 aliphatic heterocycles. The van der Waals surface area contributed by atoms with Gasteiger partial charge in [-0.15, -0.1) is 0 Å². The van der Waals surface area contributed by atoms with Gasteiger partial charge in [-0.25, -0.2) is 0 Å². The van der Waals surface area contributed by atoms with Gasteiger partial charge in [-0.3, -0.25) is 4.79 Å². The Hall–Kier alpha value is -3.50. The van der Waals surface area contributed by atoms with E-state index in [0.717, 1.165) is 11.1 Å². The summed E-state index contributed by atoms with van der Waals surface area (Å²) < 4.78 is 10.3. The molecule has 2 aromatic rings. The minimum Gasteiger partial charge on any atom is -0.493 e. The molecule has 140 valence electrons. The lowest BCUT2D eigenvalue weighted by Gasteiger charge is -2.10. The van der Waals surface area contributed by atoms with E-state index in [1.54, 1.807) is 18.2 Å². The largest absolute Gasteiger partial charge is 0.493 e. The molecule has 0 spiro atoms. The average molecular weight is 367 g/mol. The van der Waals surface area contributed by atoms with Crippen LogP contribution in [-0.2, 0) is 17.9 Å². The molecule has 0 fully saturated rings. The highest BCUT2D eigenvalue weighted by Crippen LogP contribution is 2.29. The molecule has 3 N–H and O–H groups in total. The van der Waals surface area contributed by atoms with Gasteiger partial charge in [0.1, 0.15) is 11.6 Å². The number of carbonyl (C=O) groups excluding carboxylic acids is 1. The Kier molecular flexibility index (Phi) is 7.23. The van der Waals surface area contributed by atoms with Gasteiger partial charge in [0, 0.05) is 24.5 Å². The maximum absolute atomic E-state index is 12.3. The average Bonchev–Trinajstić information content (AvgIpc) is 2.71. The Morgan fingerprint density at radius 3 is 2.37 bits per heavy atom. The number of anilines is 1. The van der Waals surface area contributed by atoms with Crippen LogP contribution in [0.5, 0.6) is 11.5 Å². The first-order valence-corrected chi connectivity index (χ1v) is 8.17. The molecule has 0 unspecified atom stereocenters. The number of hydrogen-bond acceptors (Lipinski definition) is 6. The van der Waals surface area contributed by atoms with Gasteiger partial charge in [0.2, 0.25) is 0 Å². The summed E-state index contributed by atoms with van der Waals surface area (Å²) in [5.74, 6) is 0.482. The fourth-order valence-electron chi connectivity index (χ4n) is 2.29. The minimum atomic E-state index is -0.534. The summed E-state index contributed by atoms with van der Waals surface area (Å²) in [6.45, 7) is 0.434. The molecule has 27 heavy (non-hydrogen) atoms. The van der Waals surface area contributed by atoms with E-state index in [2.05, 4.69) is 10.6 Å². The van der Waals surface area contributed by atoms with Gasteiger partial charge in [0.25, 0.3) is 5.91 Å². The Morgan fingerprint density at radius 2 is 1.78 bits per heavy atom. The molecule has 7 heteroatoms. The maximum atomic E-state index is 12.3. The molecule has 0 saturated heterocycles. The van der Waals surface area contributed by atoms with Gasteiger partial charge in [-0.1, -0.05) is 24.3 Å². The third-order valence-electron chi connectivity index (χ3n) is 3.76. The first kappa shape index (κ1) is 19.8. The van der Waals surface area contributed by atoms with Crippen molar-refractivity contribution in [3.8, 4) is 17.6 Å². The summed E-state index contributed by atoms with van der Waals surface area (Å²) in [5, 5.41) is 23.9. The van der Waals surface area contributed by atoms with Crippen molar-refractivity contribution in [3.05, 3.63) is 65.4 Å². The van der Waals surface area contributed by atoms with Crippen molar-refractivity contribution in [3.63, 3.8) is 0 Å². The number of hydrogen-bond donors (Lipinski definition) is 3. The van der Waals surface area contributed by atoms with E-state index in [1.807, 2.05) is 30.3 Å². The van der Waals surface area contributed by atoms with Crippen molar-refractivity contribution in [2.24, 2.45) is 0 Å². The van der Waals surface area contributed by atoms with E-state index in [4.69, 9.17) is 14.6 Å². The van der Waals surface area contributed by atoms with Gasteiger partial charge >= 0.3 is 0 Å². The SMILES string of the molecule is COc1ccc(NC(=O)/C(C#N)=C\NCc2ccc(CO)cc2)cc1OC. The zero-order valence-electron chi connectivity index (χ0n) is 15.2. The third-order valence-corrected chi connectivity index (χ3v) is 3.76. The van der Waals surface area contributed by atoms with Crippen molar-refractivity contribution in [1.82, 2.24) is 5.32 Å². The number of amides is 1. The summed E-state index contributed by atoms with van der Waals surface area (Å²) in [7, 11) is 3.02. The van der Waals surface area contributed by atoms with Gasteiger partial charge in [-0.05, 0) is 23.3 Å². The maximum Gasteiger partial charge on any atom is 0.267 e. The van der Waals surface area contributed by atoms with E-state index in [1.165, 1.54) is 20.4 Å². The smallest absolute Gasteiger partial charge is 0.267 e. The predicted molar refractivity (Wildman–Crippen MR) is 101 cm³/mol. The Balaban J connectivity index is 2.00. The second kappa shape index (κ2) is 9.85. The van der Waals surface area contributed by atoms with Crippen LogP contribution >= 0.6 is 0 Å². The normalized spacial score (nSPS) is 10.7. The van der Waals surface area contributed by atoms with Crippen LogP contribution in [0.3, 0.4) is 0 Å². The van der Waals surface area contributed by atoms with E-state index >= 15 is 0 Å². The van der Waals surface area contributed by atoms with Crippen LogP contribution in [0.2, 0.25) is 0 Å². The predicted octanol–water partition coefficient (Wildman–Crippen LogP) is 2.33. The molecule has 0 aliphatic rings. The molecule has 0 atom stereocenters. The molecular weight excluding hydrogens is 346 g/mol. The molecular formula is C20H21N3O4. The fourth-order valence-corrected chi connectivity index (χ4v) is 2.29. The molecule has 0 heterocycles. The van der Waals surface area contributed by atoms with Crippen LogP contribution in [0.4, 0.5) is 5.69 Å². The summed E-state index contributed by atoms with van der Waals surface area (Å²) in [5.41, 5.74) is 2.21. The topological polar surface area (TPSA) is 104 Å². The quantitative estimate of drug-likeness (QED) is 0.489. The Bertz CT molecular complexity index is 855. The van der Waals surface area contributed by atoms with Gasteiger partial charge in [-0.2, -0.15) is 5.26 Å². The van der Waals surface area contributed by atoms with Crippen molar-refractivity contribution in [2.75, 3.05) is 19.5 Å². The van der Waals surface area contributed by atoms with Crippen molar-refractivity contribution in [2.45, 2.75) is 13.2 Å². The zero-order chi connectivity index (χ0) is 19.6. The van der Waals surface area contributed by atoms with E-state index in [0.29, 0.717) is 23.7 Å². The molecule has 0 aromatic heterocycles. The number of aliphatic hydroxyl groups is 1. The first-order valence-electron chi connectivity index (χ1n) is 8.17. The highest BCUT2D eigenvalue weighted by molar-refractivity contribution is 6.06. The minimum absolute atomic E-state index is 0.0114. The summed E-state index contributed by atoms with van der Waals surface area (Å²) in [6.07, 6.45) is 1.37. The number of benzene rings is 2. The molecule has 0 saturated carbocycles. The number of carbonyl (C=O) groups is 1. The fraction of sp³-hybridized carbons (Fsp3) is 0.200. The summed E-state index contributed by atoms with van der Waals surface area (Å²) >= 11 is 0. The molecule has 2 rings (SSSR count). The number of nitrogens with zero attached hydrogens (tertiary/aromatic N) is 1. The first-order chi connectivity index (χ1) is 13.1. The lowest BCUT2D eigenvalue weighted by atomic mass is 10.1. The second-order valence-electron chi connectivity index (χ2n) is 5.55. The second-order valence-corrected chi connectivity index (χ2v) is 5.55. The molecule has 0 bridgehead atoms. The van der Waals surface area contributed by atoms with Gasteiger partial charge in [0.15, 0.2) is 11.5 Å². The third kappa shape index (κ3) is 5.49. The van der Waals surface area contributed by atoms with Crippen LogP contribution < -0.4 is 20.1 Å². The Morgan fingerprint density at radius 1 is 1.11 bits per heavy atom. The highest BCUT2D eigenvalue weighted by atomic mass is 16.5. The molecule has 7 nitrogen and oxygen atoms in total. The number of aliphatic hydroxyl groups excluding tert-OH is 1. The number of ether oxygens (including phenoxy) is 2. The number of nitrogens with one attached hydrogen (secondary N) is 2. The van der Waals surface area contributed by atoms with Crippen LogP contribution in [0, 0.1) is 11.3 Å². The van der Waals surface area contributed by atoms with Crippen LogP contribution in [-0.4, -0.2) is 25.2 Å². The van der Waals surface area contributed by atoms with E-state index in [-0.39, 0.29) is 12.2 Å². The zero-order valence-corrected chi connectivity index (χ0v) is 15.2. The number of methoxy groups -OCH3 is 2. The lowest BCUT2D eigenvalue weighted by molar-refractivity contribution is -0.112. The highest BCUT2D eigenvalue weighted by Gasteiger charge is 2.11. The monoisotopic (exact) mass is 367 g/mol. The van der Waals surface area contributed by atoms with Crippen LogP contribution in [0.15, 0.2) is 54.2 Å². The molecule has 0 radical (unpaired) electrons. The van der Waals surface area contributed by atoms with Crippen LogP contribution in [0.25, 0.3) is 0 Å². The number of rotatable bonds is 8. The van der Waals surface area contributed by atoms with Crippen molar-refractivity contribution < 1.29 is 19.4 Å². The van der Waals surface area contributed by atoms with Gasteiger partial charge in [0.05, 0.1) is 20.8 Å². The van der Waals surface area contributed by atoms with E-state index < -0.39 is 5.91 Å². The summed E-state index contributed by atoms with van der Waals surface area (Å²) in [6, 6.07) is 14.2. The lowest BCUT2D eigenvalue weighted by Crippen LogP contribution is -2.16. The standard InChI is InChI=1S/C20H21N3O4/c1-26-18-8-7-17(9-19(18)27-2)23-20(25)16(10-21)12-22-11-14-3-5-15(13-24)6-4-14/h3-9,12,22,24H,11,13H2,1-2H3,(H,23,25)/b16-12-. The molecule has 2 aromatic carbocycles. The van der Waals surface area contributed by atoms with E-state index in [9.17, 15) is 10.1 Å². The molecule has 0 aliphatic carbocycles. The van der Waals surface area contributed by atoms with Crippen molar-refractivity contribution in [1.29, 1.82) is 5.26 Å². The van der Waals surface area contributed by atoms with Crippen molar-refractivity contribution >= 4 is 11.6 Å². The van der Waals surface area contributed by atoms with Gasteiger partial charge < -0.3 is 25.2 Å². The summed E-state index contributed by atoms with van der Waals surface area (Å²) in [4.78, 5) is 12.3.